The summed E-state index contributed by atoms with van der Waals surface area (Å²) in [5.41, 5.74) is 3.00. The highest BCUT2D eigenvalue weighted by Crippen LogP contribution is 2.20. The van der Waals surface area contributed by atoms with E-state index in [9.17, 15) is 9.59 Å². The van der Waals surface area contributed by atoms with Gasteiger partial charge in [0.2, 0.25) is 0 Å². The van der Waals surface area contributed by atoms with E-state index in [1.54, 1.807) is 35.5 Å². The van der Waals surface area contributed by atoms with Gasteiger partial charge in [0.25, 0.3) is 5.91 Å². The molecule has 0 bridgehead atoms. The summed E-state index contributed by atoms with van der Waals surface area (Å²) in [5, 5.41) is 0. The van der Waals surface area contributed by atoms with Crippen LogP contribution in [0.4, 0.5) is 0 Å². The highest BCUT2D eigenvalue weighted by molar-refractivity contribution is 7.16. The Bertz CT molecular complexity index is 694. The van der Waals surface area contributed by atoms with Gasteiger partial charge in [0.05, 0.1) is 34.5 Å². The van der Waals surface area contributed by atoms with Crippen molar-refractivity contribution in [2.45, 2.75) is 13.0 Å². The van der Waals surface area contributed by atoms with Gasteiger partial charge in [-0.3, -0.25) is 4.79 Å². The Morgan fingerprint density at radius 2 is 2.14 bits per heavy atom. The second kappa shape index (κ2) is 6.41. The Kier molecular flexibility index (Phi) is 4.35. The molecule has 7 heteroatoms. The molecular weight excluding hydrogens is 304 g/mol. The van der Waals surface area contributed by atoms with Crippen molar-refractivity contribution in [1.29, 1.82) is 0 Å². The van der Waals surface area contributed by atoms with Crippen LogP contribution in [0.3, 0.4) is 0 Å². The molecule has 2 heterocycles. The Balaban J connectivity index is 1.65. The molecule has 1 atom stereocenters. The summed E-state index contributed by atoms with van der Waals surface area (Å²) < 4.78 is 11.4. The van der Waals surface area contributed by atoms with Crippen molar-refractivity contribution in [2.75, 3.05) is 26.3 Å². The lowest BCUT2D eigenvalue weighted by Gasteiger charge is -2.28. The molecule has 1 aromatic carbocycles. The third-order valence-electron chi connectivity index (χ3n) is 3.52. The van der Waals surface area contributed by atoms with Gasteiger partial charge in [-0.05, 0) is 25.1 Å². The fourth-order valence-corrected chi connectivity index (χ4v) is 3.02. The van der Waals surface area contributed by atoms with Gasteiger partial charge in [-0.2, -0.15) is 0 Å². The minimum absolute atomic E-state index is 0.185. The van der Waals surface area contributed by atoms with E-state index < -0.39 is 12.1 Å². The number of amides is 1. The van der Waals surface area contributed by atoms with E-state index in [1.807, 2.05) is 0 Å². The third-order valence-corrected chi connectivity index (χ3v) is 4.31. The number of esters is 1. The van der Waals surface area contributed by atoms with Gasteiger partial charge in [0.1, 0.15) is 0 Å². The average Bonchev–Trinajstić information content (AvgIpc) is 3.02. The normalized spacial score (nSPS) is 16.5. The molecule has 0 aliphatic carbocycles. The van der Waals surface area contributed by atoms with Crippen molar-refractivity contribution in [1.82, 2.24) is 9.88 Å². The molecule has 1 aliphatic heterocycles. The van der Waals surface area contributed by atoms with E-state index in [2.05, 4.69) is 4.98 Å². The number of fused-ring (bicyclic) bond motifs is 1. The Morgan fingerprint density at radius 1 is 1.36 bits per heavy atom. The predicted molar refractivity (Wildman–Crippen MR) is 81.9 cm³/mol. The van der Waals surface area contributed by atoms with Crippen molar-refractivity contribution in [3.8, 4) is 0 Å². The maximum Gasteiger partial charge on any atom is 0.338 e. The maximum absolute atomic E-state index is 12.2. The summed E-state index contributed by atoms with van der Waals surface area (Å²) >= 11 is 1.46. The number of nitrogens with zero attached hydrogens (tertiary/aromatic N) is 2. The summed E-state index contributed by atoms with van der Waals surface area (Å²) in [6.07, 6.45) is -0.803. The number of carbonyl (C=O) groups excluding carboxylic acids is 2. The lowest BCUT2D eigenvalue weighted by Crippen LogP contribution is -2.46. The van der Waals surface area contributed by atoms with Crippen molar-refractivity contribution in [3.05, 3.63) is 29.3 Å². The van der Waals surface area contributed by atoms with Crippen molar-refractivity contribution in [3.63, 3.8) is 0 Å². The first-order valence-corrected chi connectivity index (χ1v) is 7.94. The van der Waals surface area contributed by atoms with Crippen molar-refractivity contribution >= 4 is 33.4 Å². The molecule has 116 valence electrons. The predicted octanol–water partition coefficient (Wildman–Crippen LogP) is 1.70. The highest BCUT2D eigenvalue weighted by atomic mass is 32.1. The first-order chi connectivity index (χ1) is 10.6. The Morgan fingerprint density at radius 3 is 2.91 bits per heavy atom. The molecule has 0 spiro atoms. The van der Waals surface area contributed by atoms with Crippen LogP contribution in [-0.4, -0.2) is 54.2 Å². The Labute approximate surface area is 131 Å². The molecule has 3 rings (SSSR count). The summed E-state index contributed by atoms with van der Waals surface area (Å²) in [6, 6.07) is 5.18. The van der Waals surface area contributed by atoms with Crippen LogP contribution in [-0.2, 0) is 14.3 Å². The SMILES string of the molecule is C[C@@H](OC(=O)c1ccc2ncsc2c1)C(=O)N1CCOCC1. The van der Waals surface area contributed by atoms with Crippen LogP contribution in [0.2, 0.25) is 0 Å². The standard InChI is InChI=1S/C15H16N2O4S/c1-10(14(18)17-4-6-20-7-5-17)21-15(19)11-2-3-12-13(8-11)22-9-16-12/h2-3,8-10H,4-7H2,1H3/t10-/m1/s1. The van der Waals surface area contributed by atoms with E-state index in [0.717, 1.165) is 10.2 Å². The molecular formula is C15H16N2O4S. The van der Waals surface area contributed by atoms with E-state index in [4.69, 9.17) is 9.47 Å². The monoisotopic (exact) mass is 320 g/mol. The molecule has 22 heavy (non-hydrogen) atoms. The van der Waals surface area contributed by atoms with Crippen LogP contribution in [0.25, 0.3) is 10.2 Å². The van der Waals surface area contributed by atoms with Crippen LogP contribution >= 0.6 is 11.3 Å². The number of aromatic nitrogens is 1. The molecule has 1 aliphatic rings. The molecule has 1 aromatic heterocycles. The number of hydrogen-bond acceptors (Lipinski definition) is 6. The second-order valence-electron chi connectivity index (χ2n) is 5.02. The lowest BCUT2D eigenvalue weighted by atomic mass is 10.2. The molecule has 1 fully saturated rings. The zero-order valence-electron chi connectivity index (χ0n) is 12.2. The summed E-state index contributed by atoms with van der Waals surface area (Å²) in [7, 11) is 0. The largest absolute Gasteiger partial charge is 0.449 e. The van der Waals surface area contributed by atoms with E-state index in [0.29, 0.717) is 31.9 Å². The molecule has 0 unspecified atom stereocenters. The number of benzene rings is 1. The maximum atomic E-state index is 12.2. The quantitative estimate of drug-likeness (QED) is 0.805. The van der Waals surface area contributed by atoms with Crippen molar-refractivity contribution < 1.29 is 19.1 Å². The molecule has 1 saturated heterocycles. The Hall–Kier alpha value is -1.99. The summed E-state index contributed by atoms with van der Waals surface area (Å²) in [6.45, 7) is 3.71. The fourth-order valence-electron chi connectivity index (χ4n) is 2.30. The topological polar surface area (TPSA) is 68.7 Å². The fraction of sp³-hybridized carbons (Fsp3) is 0.400. The van der Waals surface area contributed by atoms with Crippen LogP contribution in [0.5, 0.6) is 0 Å². The van der Waals surface area contributed by atoms with E-state index in [1.165, 1.54) is 11.3 Å². The van der Waals surface area contributed by atoms with Crippen LogP contribution in [0.1, 0.15) is 17.3 Å². The van der Waals surface area contributed by atoms with Crippen molar-refractivity contribution in [2.24, 2.45) is 0 Å². The second-order valence-corrected chi connectivity index (χ2v) is 5.91. The lowest BCUT2D eigenvalue weighted by molar-refractivity contribution is -0.143. The first-order valence-electron chi connectivity index (χ1n) is 7.06. The van der Waals surface area contributed by atoms with Gasteiger partial charge >= 0.3 is 5.97 Å². The minimum atomic E-state index is -0.803. The van der Waals surface area contributed by atoms with E-state index in [-0.39, 0.29) is 5.91 Å². The van der Waals surface area contributed by atoms with Crippen LogP contribution in [0.15, 0.2) is 23.7 Å². The zero-order chi connectivity index (χ0) is 15.5. The molecule has 2 aromatic rings. The molecule has 1 amide bonds. The first kappa shape index (κ1) is 14.9. The molecule has 0 radical (unpaired) electrons. The van der Waals surface area contributed by atoms with Gasteiger partial charge < -0.3 is 14.4 Å². The number of carbonyl (C=O) groups is 2. The molecule has 6 nitrogen and oxygen atoms in total. The van der Waals surface area contributed by atoms with Gasteiger partial charge in [-0.15, -0.1) is 11.3 Å². The van der Waals surface area contributed by atoms with Gasteiger partial charge in [-0.25, -0.2) is 9.78 Å². The smallest absolute Gasteiger partial charge is 0.338 e. The number of ether oxygens (including phenoxy) is 2. The van der Waals surface area contributed by atoms with E-state index >= 15 is 0 Å². The summed E-state index contributed by atoms with van der Waals surface area (Å²) in [5.74, 6) is -0.681. The van der Waals surface area contributed by atoms with Crippen LogP contribution < -0.4 is 0 Å². The van der Waals surface area contributed by atoms with Gasteiger partial charge in [-0.1, -0.05) is 0 Å². The minimum Gasteiger partial charge on any atom is -0.449 e. The molecule has 0 N–H and O–H groups in total. The zero-order valence-corrected chi connectivity index (χ0v) is 13.0. The van der Waals surface area contributed by atoms with Crippen LogP contribution in [0, 0.1) is 0 Å². The summed E-state index contributed by atoms with van der Waals surface area (Å²) in [4.78, 5) is 30.2. The number of morpholine rings is 1. The average molecular weight is 320 g/mol. The third kappa shape index (κ3) is 3.10. The number of rotatable bonds is 3. The van der Waals surface area contributed by atoms with Gasteiger partial charge in [0, 0.05) is 13.1 Å². The number of hydrogen-bond donors (Lipinski definition) is 0. The molecule has 0 saturated carbocycles. The van der Waals surface area contributed by atoms with Gasteiger partial charge in [0.15, 0.2) is 6.10 Å². The number of thiazole rings is 1. The highest BCUT2D eigenvalue weighted by Gasteiger charge is 2.25.